The highest BCUT2D eigenvalue weighted by atomic mass is 32.1. The summed E-state index contributed by atoms with van der Waals surface area (Å²) >= 11 is 5.08. The molecule has 1 aliphatic rings. The van der Waals surface area contributed by atoms with Gasteiger partial charge in [0.25, 0.3) is 0 Å². The monoisotopic (exact) mass is 323 g/mol. The number of carbonyl (C=O) groups excluding carboxylic acids is 1. The number of rotatable bonds is 5. The maximum atomic E-state index is 12.8. The van der Waals surface area contributed by atoms with Crippen molar-refractivity contribution in [1.82, 2.24) is 16.2 Å². The lowest BCUT2D eigenvalue weighted by atomic mass is 10.0. The van der Waals surface area contributed by atoms with Crippen LogP contribution in [0.4, 0.5) is 4.39 Å². The Bertz CT molecular complexity index is 501. The molecule has 0 radical (unpaired) electrons. The van der Waals surface area contributed by atoms with Gasteiger partial charge in [0.15, 0.2) is 5.11 Å². The van der Waals surface area contributed by atoms with Crippen molar-refractivity contribution in [2.45, 2.75) is 45.1 Å². The third-order valence-electron chi connectivity index (χ3n) is 3.94. The maximum absolute atomic E-state index is 12.8. The fourth-order valence-electron chi connectivity index (χ4n) is 2.65. The van der Waals surface area contributed by atoms with Crippen LogP contribution in [0.5, 0.6) is 0 Å². The molecule has 0 saturated heterocycles. The Hall–Kier alpha value is -1.69. The molecule has 0 bridgehead atoms. The first kappa shape index (κ1) is 16.7. The predicted octanol–water partition coefficient (Wildman–Crippen LogP) is 2.79. The van der Waals surface area contributed by atoms with E-state index in [0.717, 1.165) is 12.0 Å². The smallest absolute Gasteiger partial charge is 0.238 e. The number of hydrogen-bond acceptors (Lipinski definition) is 2. The van der Waals surface area contributed by atoms with Crippen molar-refractivity contribution >= 4 is 23.2 Å². The molecule has 6 heteroatoms. The van der Waals surface area contributed by atoms with E-state index in [0.29, 0.717) is 24.0 Å². The summed E-state index contributed by atoms with van der Waals surface area (Å²) in [6.45, 7) is 0.476. The number of amides is 1. The van der Waals surface area contributed by atoms with E-state index in [2.05, 4.69) is 16.2 Å². The summed E-state index contributed by atoms with van der Waals surface area (Å²) in [5, 5.41) is 3.30. The Morgan fingerprint density at radius 1 is 1.18 bits per heavy atom. The van der Waals surface area contributed by atoms with Crippen molar-refractivity contribution < 1.29 is 9.18 Å². The summed E-state index contributed by atoms with van der Waals surface area (Å²) in [4.78, 5) is 11.7. The summed E-state index contributed by atoms with van der Waals surface area (Å²) < 4.78 is 12.8. The molecule has 0 spiro atoms. The highest BCUT2D eigenvalue weighted by Gasteiger charge is 2.16. The van der Waals surface area contributed by atoms with E-state index >= 15 is 0 Å². The molecule has 0 atom stereocenters. The van der Waals surface area contributed by atoms with Gasteiger partial charge in [-0.15, -0.1) is 0 Å². The number of halogens is 1. The lowest BCUT2D eigenvalue weighted by molar-refractivity contribution is -0.121. The molecule has 1 aromatic rings. The largest absolute Gasteiger partial charge is 0.357 e. The van der Waals surface area contributed by atoms with Gasteiger partial charge in [0.2, 0.25) is 5.91 Å². The van der Waals surface area contributed by atoms with Crippen LogP contribution in [0.3, 0.4) is 0 Å². The Morgan fingerprint density at radius 2 is 1.86 bits per heavy atom. The van der Waals surface area contributed by atoms with Crippen LogP contribution in [0.2, 0.25) is 0 Å². The van der Waals surface area contributed by atoms with E-state index in [1.807, 2.05) is 0 Å². The van der Waals surface area contributed by atoms with E-state index in [9.17, 15) is 9.18 Å². The van der Waals surface area contributed by atoms with Gasteiger partial charge in [0, 0.05) is 13.0 Å². The quantitative estimate of drug-likeness (QED) is 0.576. The molecule has 120 valence electrons. The van der Waals surface area contributed by atoms with Gasteiger partial charge in [-0.05, 0) is 42.3 Å². The Labute approximate surface area is 135 Å². The Balaban J connectivity index is 1.58. The standard InChI is InChI=1S/C16H22FN3OS/c17-14-8-5-13(6-9-14)11-18-16(22)20-19-15(21)10-7-12-3-1-2-4-12/h5-6,8-9,12H,1-4,7,10-11H2,(H,19,21)(H2,18,20,22). The SMILES string of the molecule is O=C(CCC1CCCC1)NNC(=S)NCc1ccc(F)cc1. The van der Waals surface area contributed by atoms with Crippen molar-refractivity contribution in [2.75, 3.05) is 0 Å². The summed E-state index contributed by atoms with van der Waals surface area (Å²) in [5.74, 6) is 0.395. The van der Waals surface area contributed by atoms with Gasteiger partial charge in [0.1, 0.15) is 5.82 Å². The second-order valence-corrected chi connectivity index (χ2v) is 6.08. The Morgan fingerprint density at radius 3 is 2.55 bits per heavy atom. The molecule has 1 amide bonds. The lowest BCUT2D eigenvalue weighted by Crippen LogP contribution is -2.46. The van der Waals surface area contributed by atoms with Gasteiger partial charge >= 0.3 is 0 Å². The average Bonchev–Trinajstić information content (AvgIpc) is 3.04. The fraction of sp³-hybridized carbons (Fsp3) is 0.500. The lowest BCUT2D eigenvalue weighted by Gasteiger charge is -2.12. The number of carbonyl (C=O) groups is 1. The first-order valence-electron chi connectivity index (χ1n) is 7.70. The fourth-order valence-corrected chi connectivity index (χ4v) is 2.78. The van der Waals surface area contributed by atoms with Crippen LogP contribution in [0.15, 0.2) is 24.3 Å². The van der Waals surface area contributed by atoms with Crippen LogP contribution < -0.4 is 16.2 Å². The van der Waals surface area contributed by atoms with E-state index in [1.165, 1.54) is 37.8 Å². The molecular formula is C16H22FN3OS. The van der Waals surface area contributed by atoms with Crippen LogP contribution in [-0.2, 0) is 11.3 Å². The summed E-state index contributed by atoms with van der Waals surface area (Å²) in [6, 6.07) is 6.17. The topological polar surface area (TPSA) is 53.2 Å². The van der Waals surface area contributed by atoms with Crippen molar-refractivity contribution in [3.05, 3.63) is 35.6 Å². The number of nitrogens with one attached hydrogen (secondary N) is 3. The third-order valence-corrected chi connectivity index (χ3v) is 4.18. The second kappa shape index (κ2) is 8.68. The number of thiocarbonyl (C=S) groups is 1. The normalized spacial score (nSPS) is 14.6. The highest BCUT2D eigenvalue weighted by molar-refractivity contribution is 7.80. The van der Waals surface area contributed by atoms with Gasteiger partial charge < -0.3 is 5.32 Å². The molecule has 0 heterocycles. The average molecular weight is 323 g/mol. The highest BCUT2D eigenvalue weighted by Crippen LogP contribution is 2.28. The molecule has 2 rings (SSSR count). The van der Waals surface area contributed by atoms with Gasteiger partial charge in [-0.2, -0.15) is 0 Å². The van der Waals surface area contributed by atoms with Crippen molar-refractivity contribution in [1.29, 1.82) is 0 Å². The molecule has 1 fully saturated rings. The zero-order valence-electron chi connectivity index (χ0n) is 12.5. The molecule has 3 N–H and O–H groups in total. The number of hydrogen-bond donors (Lipinski definition) is 3. The molecule has 0 aromatic heterocycles. The summed E-state index contributed by atoms with van der Waals surface area (Å²) in [5.41, 5.74) is 6.20. The summed E-state index contributed by atoms with van der Waals surface area (Å²) in [6.07, 6.45) is 6.56. The molecule has 1 aromatic carbocycles. The minimum absolute atomic E-state index is 0.0437. The van der Waals surface area contributed by atoms with E-state index in [1.54, 1.807) is 12.1 Å². The van der Waals surface area contributed by atoms with E-state index < -0.39 is 0 Å². The minimum atomic E-state index is -0.265. The van der Waals surface area contributed by atoms with Gasteiger partial charge in [-0.1, -0.05) is 37.8 Å². The van der Waals surface area contributed by atoms with Crippen LogP contribution in [0.25, 0.3) is 0 Å². The minimum Gasteiger partial charge on any atom is -0.357 e. The van der Waals surface area contributed by atoms with Gasteiger partial charge in [-0.3, -0.25) is 15.6 Å². The predicted molar refractivity (Wildman–Crippen MR) is 88.3 cm³/mol. The number of benzene rings is 1. The van der Waals surface area contributed by atoms with Crippen LogP contribution >= 0.6 is 12.2 Å². The molecule has 1 saturated carbocycles. The van der Waals surface area contributed by atoms with Crippen molar-refractivity contribution in [2.24, 2.45) is 5.92 Å². The van der Waals surface area contributed by atoms with E-state index in [-0.39, 0.29) is 11.7 Å². The molecule has 4 nitrogen and oxygen atoms in total. The molecule has 1 aliphatic carbocycles. The summed E-state index contributed by atoms with van der Waals surface area (Å²) in [7, 11) is 0. The third kappa shape index (κ3) is 5.97. The van der Waals surface area contributed by atoms with Crippen molar-refractivity contribution in [3.8, 4) is 0 Å². The maximum Gasteiger partial charge on any atom is 0.238 e. The first-order chi connectivity index (χ1) is 10.6. The molecule has 22 heavy (non-hydrogen) atoms. The first-order valence-corrected chi connectivity index (χ1v) is 8.11. The van der Waals surface area contributed by atoms with Crippen LogP contribution in [0.1, 0.15) is 44.1 Å². The molecule has 0 aliphatic heterocycles. The molecular weight excluding hydrogens is 301 g/mol. The van der Waals surface area contributed by atoms with E-state index in [4.69, 9.17) is 12.2 Å². The van der Waals surface area contributed by atoms with Crippen LogP contribution in [-0.4, -0.2) is 11.0 Å². The zero-order chi connectivity index (χ0) is 15.8. The number of hydrazine groups is 1. The molecule has 0 unspecified atom stereocenters. The zero-order valence-corrected chi connectivity index (χ0v) is 13.3. The Kier molecular flexibility index (Phi) is 6.58. The van der Waals surface area contributed by atoms with Gasteiger partial charge in [0.05, 0.1) is 0 Å². The van der Waals surface area contributed by atoms with Crippen LogP contribution in [0, 0.1) is 11.7 Å². The van der Waals surface area contributed by atoms with Crippen molar-refractivity contribution in [3.63, 3.8) is 0 Å². The van der Waals surface area contributed by atoms with Gasteiger partial charge in [-0.25, -0.2) is 4.39 Å². The second-order valence-electron chi connectivity index (χ2n) is 5.67.